The van der Waals surface area contributed by atoms with Crippen LogP contribution in [0.1, 0.15) is 26.2 Å². The van der Waals surface area contributed by atoms with Gasteiger partial charge in [0.2, 0.25) is 0 Å². The zero-order valence-electron chi connectivity index (χ0n) is 5.53. The van der Waals surface area contributed by atoms with E-state index in [0.29, 0.717) is 6.16 Å². The maximum absolute atomic E-state index is 8.91. The van der Waals surface area contributed by atoms with Crippen LogP contribution in [0.15, 0.2) is 0 Å². The third-order valence-electron chi connectivity index (χ3n) is 1.08. The average molecular weight is 191 g/mol. The number of halogens is 2. The fraction of sp³-hybridized carbons (Fsp3) is 1.00. The maximum atomic E-state index is 8.91. The molecule has 0 aromatic rings. The molecule has 9 heavy (non-hydrogen) atoms. The van der Waals surface area contributed by atoms with Gasteiger partial charge in [0.05, 0.1) is 0 Å². The first kappa shape index (κ1) is 9.97. The van der Waals surface area contributed by atoms with Crippen LogP contribution in [-0.4, -0.2) is 11.1 Å². The fourth-order valence-electron chi connectivity index (χ4n) is 0.588. The summed E-state index contributed by atoms with van der Waals surface area (Å²) in [5, 5.41) is 0. The Bertz CT molecular complexity index is 71.8. The zero-order valence-corrected chi connectivity index (χ0v) is 8.04. The summed E-state index contributed by atoms with van der Waals surface area (Å²) in [6, 6.07) is 0. The van der Waals surface area contributed by atoms with E-state index in [1.54, 1.807) is 0 Å². The summed E-state index contributed by atoms with van der Waals surface area (Å²) in [5.41, 5.74) is 0. The van der Waals surface area contributed by atoms with Crippen LogP contribution in [0.5, 0.6) is 0 Å². The van der Waals surface area contributed by atoms with Gasteiger partial charge >= 0.3 is 65.9 Å². The predicted octanol–water partition coefficient (Wildman–Crippen LogP) is 3.14. The van der Waals surface area contributed by atoms with Gasteiger partial charge in [0.15, 0.2) is 0 Å². The van der Waals surface area contributed by atoms with Crippen molar-refractivity contribution in [1.29, 1.82) is 0 Å². The molecule has 0 amide bonds. The van der Waals surface area contributed by atoms with Gasteiger partial charge in [0.1, 0.15) is 0 Å². The third kappa shape index (κ3) is 8.97. The quantitative estimate of drug-likeness (QED) is 0.534. The molecule has 0 fully saturated rings. The summed E-state index contributed by atoms with van der Waals surface area (Å²) >= 11 is 10.9. The monoisotopic (exact) mass is 190 g/mol. The molecule has 0 radical (unpaired) electrons. The van der Waals surface area contributed by atoms with Crippen molar-refractivity contribution >= 4 is 28.7 Å². The first-order valence-electron chi connectivity index (χ1n) is 3.16. The second-order valence-corrected chi connectivity index (χ2v) is 8.29. The molecule has 1 nitrogen and oxygen atoms in total. The summed E-state index contributed by atoms with van der Waals surface area (Å²) in [7, 11) is 0. The van der Waals surface area contributed by atoms with E-state index in [4.69, 9.17) is 27.4 Å². The minimum absolute atomic E-state index is 0.601. The van der Waals surface area contributed by atoms with Gasteiger partial charge < -0.3 is 0 Å². The van der Waals surface area contributed by atoms with Crippen molar-refractivity contribution in [2.24, 2.45) is 0 Å². The van der Waals surface area contributed by atoms with Crippen LogP contribution in [-0.2, 0) is 0 Å². The Morgan fingerprint density at radius 3 is 2.22 bits per heavy atom. The van der Waals surface area contributed by atoms with Crippen LogP contribution >= 0.6 is 28.7 Å². The van der Waals surface area contributed by atoms with Crippen molar-refractivity contribution in [2.75, 3.05) is 6.16 Å². The van der Waals surface area contributed by atoms with Crippen LogP contribution < -0.4 is 0 Å². The molecule has 0 aliphatic heterocycles. The van der Waals surface area contributed by atoms with Crippen molar-refractivity contribution in [1.82, 2.24) is 0 Å². The van der Waals surface area contributed by atoms with Gasteiger partial charge in [-0.1, -0.05) is 0 Å². The first-order chi connectivity index (χ1) is 4.06. The average Bonchev–Trinajstić information content (AvgIpc) is 1.63. The first-order valence-corrected chi connectivity index (χ1v) is 7.34. The fourth-order valence-corrected chi connectivity index (χ4v) is 2.06. The molecule has 1 N–H and O–H groups in total. The molecular weight excluding hydrogens is 178 g/mol. The number of unbranched alkanes of at least 4 members (excludes halogenated alkanes) is 2. The van der Waals surface area contributed by atoms with E-state index >= 15 is 0 Å². The van der Waals surface area contributed by atoms with Gasteiger partial charge in [-0.25, -0.2) is 0 Å². The van der Waals surface area contributed by atoms with E-state index in [-0.39, 0.29) is 0 Å². The second kappa shape index (κ2) is 4.73. The molecule has 58 valence electrons. The number of hydrogen-bond acceptors (Lipinski definition) is 1. The Morgan fingerprint density at radius 2 is 1.89 bits per heavy atom. The SMILES string of the molecule is CCCCC[PH](O)(Cl)Cl. The zero-order chi connectivity index (χ0) is 7.33. The molecule has 4 heteroatoms. The number of hydrogen-bond donors (Lipinski definition) is 1. The van der Waals surface area contributed by atoms with Crippen molar-refractivity contribution in [3.8, 4) is 0 Å². The van der Waals surface area contributed by atoms with Crippen molar-refractivity contribution in [3.63, 3.8) is 0 Å². The molecule has 0 unspecified atom stereocenters. The van der Waals surface area contributed by atoms with Crippen molar-refractivity contribution in [2.45, 2.75) is 26.2 Å². The molecule has 0 rings (SSSR count). The van der Waals surface area contributed by atoms with Gasteiger partial charge in [-0.15, -0.1) is 0 Å². The van der Waals surface area contributed by atoms with Gasteiger partial charge in [-0.3, -0.25) is 0 Å². The third-order valence-corrected chi connectivity index (χ3v) is 3.17. The van der Waals surface area contributed by atoms with Crippen LogP contribution in [0.2, 0.25) is 0 Å². The molecule has 0 aliphatic carbocycles. The van der Waals surface area contributed by atoms with E-state index < -0.39 is 6.19 Å². The summed E-state index contributed by atoms with van der Waals surface area (Å²) in [4.78, 5) is 8.91. The normalized spacial score (nSPS) is 13.8. The van der Waals surface area contributed by atoms with Crippen LogP contribution in [0, 0.1) is 0 Å². The molecule has 0 aromatic carbocycles. The molecule has 0 atom stereocenters. The molecule has 0 saturated heterocycles. The van der Waals surface area contributed by atoms with E-state index in [1.165, 1.54) is 0 Å². The molecule has 0 bridgehead atoms. The van der Waals surface area contributed by atoms with E-state index in [0.717, 1.165) is 19.3 Å². The van der Waals surface area contributed by atoms with Crippen LogP contribution in [0.3, 0.4) is 0 Å². The molecule has 0 heterocycles. The minimum atomic E-state index is -2.75. The van der Waals surface area contributed by atoms with E-state index in [2.05, 4.69) is 6.92 Å². The van der Waals surface area contributed by atoms with Gasteiger partial charge in [0.25, 0.3) is 0 Å². The summed E-state index contributed by atoms with van der Waals surface area (Å²) in [6.45, 7) is 2.10. The summed E-state index contributed by atoms with van der Waals surface area (Å²) in [6.07, 6.45) is 1.04. The standard InChI is InChI=1S/C5H13Cl2OP/c1-2-3-4-5-9(6,7)8/h8-9H,2-5H2,1H3. The Kier molecular flexibility index (Phi) is 5.25. The van der Waals surface area contributed by atoms with E-state index in [1.807, 2.05) is 0 Å². The second-order valence-electron chi connectivity index (χ2n) is 2.12. The van der Waals surface area contributed by atoms with Crippen molar-refractivity contribution < 1.29 is 4.89 Å². The summed E-state index contributed by atoms with van der Waals surface area (Å²) < 4.78 is 0. The molecule has 0 spiro atoms. The van der Waals surface area contributed by atoms with Gasteiger partial charge in [0, 0.05) is 0 Å². The molecule has 0 aromatic heterocycles. The molecule has 0 saturated carbocycles. The Labute approximate surface area is 66.4 Å². The van der Waals surface area contributed by atoms with Crippen molar-refractivity contribution in [3.05, 3.63) is 0 Å². The summed E-state index contributed by atoms with van der Waals surface area (Å²) in [5.74, 6) is 0. The van der Waals surface area contributed by atoms with Gasteiger partial charge in [-0.05, 0) is 0 Å². The van der Waals surface area contributed by atoms with Gasteiger partial charge in [-0.2, -0.15) is 0 Å². The predicted molar refractivity (Wildman–Crippen MR) is 46.6 cm³/mol. The number of rotatable bonds is 4. The Morgan fingerprint density at radius 1 is 1.33 bits per heavy atom. The van der Waals surface area contributed by atoms with E-state index in [9.17, 15) is 0 Å². The van der Waals surface area contributed by atoms with Crippen LogP contribution in [0.25, 0.3) is 0 Å². The van der Waals surface area contributed by atoms with Crippen LogP contribution in [0.4, 0.5) is 0 Å². The Balaban J connectivity index is 3.07. The Hall–Kier alpha value is 0.970. The molecular formula is C5H13Cl2OP. The molecule has 0 aliphatic rings. The topological polar surface area (TPSA) is 20.2 Å².